The average molecular weight is 388 g/mol. The van der Waals surface area contributed by atoms with E-state index < -0.39 is 0 Å². The summed E-state index contributed by atoms with van der Waals surface area (Å²) in [6.45, 7) is 4.21. The second-order valence-electron chi connectivity index (χ2n) is 6.73. The smallest absolute Gasteiger partial charge is 0.202 e. The fourth-order valence-corrected chi connectivity index (χ4v) is 4.81. The number of nitrogens with zero attached hydrogens (tertiary/aromatic N) is 3. The van der Waals surface area contributed by atoms with Crippen LogP contribution in [0.2, 0.25) is 0 Å². The van der Waals surface area contributed by atoms with Crippen molar-refractivity contribution in [2.24, 2.45) is 7.05 Å². The molecule has 0 amide bonds. The van der Waals surface area contributed by atoms with Gasteiger partial charge in [-0.25, -0.2) is 0 Å². The van der Waals surface area contributed by atoms with Crippen LogP contribution in [0.3, 0.4) is 0 Å². The van der Waals surface area contributed by atoms with Crippen molar-refractivity contribution < 1.29 is 9.64 Å². The molecule has 1 aromatic carbocycles. The maximum absolute atomic E-state index is 5.66. The predicted molar refractivity (Wildman–Crippen MR) is 106 cm³/mol. The van der Waals surface area contributed by atoms with Crippen LogP contribution < -0.4 is 9.64 Å². The molecule has 2 aromatic heterocycles. The Bertz CT molecular complexity index is 970. The zero-order valence-corrected chi connectivity index (χ0v) is 16.9. The van der Waals surface area contributed by atoms with E-state index in [1.807, 2.05) is 51.9 Å². The summed E-state index contributed by atoms with van der Waals surface area (Å²) >= 11 is 7.54. The SMILES string of the molecule is COc1ccc(-c2nn(C[NH+]3CCc4sccc4[C@@H]3C)c(=S)n2C)cc1. The lowest BCUT2D eigenvalue weighted by atomic mass is 10.0. The predicted octanol–water partition coefficient (Wildman–Crippen LogP) is 2.85. The van der Waals surface area contributed by atoms with E-state index in [1.54, 1.807) is 7.11 Å². The quantitative estimate of drug-likeness (QED) is 0.700. The summed E-state index contributed by atoms with van der Waals surface area (Å²) in [6, 6.07) is 10.7. The number of ether oxygens (including phenoxy) is 1. The highest BCUT2D eigenvalue weighted by atomic mass is 32.1. The van der Waals surface area contributed by atoms with E-state index in [-0.39, 0.29) is 0 Å². The van der Waals surface area contributed by atoms with Crippen molar-refractivity contribution in [2.75, 3.05) is 13.7 Å². The van der Waals surface area contributed by atoms with Gasteiger partial charge in [0.2, 0.25) is 4.77 Å². The zero-order valence-electron chi connectivity index (χ0n) is 15.2. The first-order valence-electron chi connectivity index (χ1n) is 8.77. The van der Waals surface area contributed by atoms with Crippen LogP contribution in [-0.2, 0) is 20.1 Å². The van der Waals surface area contributed by atoms with Gasteiger partial charge in [0.1, 0.15) is 11.8 Å². The van der Waals surface area contributed by atoms with E-state index in [1.165, 1.54) is 15.3 Å². The fourth-order valence-electron chi connectivity index (χ4n) is 3.64. The van der Waals surface area contributed by atoms with Crippen molar-refractivity contribution >= 4 is 23.6 Å². The van der Waals surface area contributed by atoms with Gasteiger partial charge in [0.25, 0.3) is 0 Å². The zero-order chi connectivity index (χ0) is 18.3. The Hall–Kier alpha value is -1.96. The summed E-state index contributed by atoms with van der Waals surface area (Å²) in [4.78, 5) is 3.04. The van der Waals surface area contributed by atoms with E-state index in [9.17, 15) is 0 Å². The third-order valence-corrected chi connectivity index (χ3v) is 6.76. The molecule has 3 heterocycles. The number of thiophene rings is 1. The third-order valence-electron chi connectivity index (χ3n) is 5.27. The van der Waals surface area contributed by atoms with Gasteiger partial charge in [0.15, 0.2) is 12.5 Å². The summed E-state index contributed by atoms with van der Waals surface area (Å²) < 4.78 is 9.96. The van der Waals surface area contributed by atoms with Crippen LogP contribution >= 0.6 is 23.6 Å². The van der Waals surface area contributed by atoms with E-state index in [0.29, 0.717) is 6.04 Å². The van der Waals surface area contributed by atoms with Crippen molar-refractivity contribution in [1.29, 1.82) is 0 Å². The molecule has 5 nitrogen and oxygen atoms in total. The summed E-state index contributed by atoms with van der Waals surface area (Å²) in [5, 5.41) is 7.03. The number of quaternary nitrogens is 1. The monoisotopic (exact) mass is 387 g/mol. The highest BCUT2D eigenvalue weighted by molar-refractivity contribution is 7.71. The van der Waals surface area contributed by atoms with Gasteiger partial charge in [-0.15, -0.1) is 16.4 Å². The van der Waals surface area contributed by atoms with Gasteiger partial charge in [0.05, 0.1) is 13.7 Å². The van der Waals surface area contributed by atoms with Crippen LogP contribution in [0.25, 0.3) is 11.4 Å². The molecule has 0 saturated heterocycles. The number of fused-ring (bicyclic) bond motifs is 1. The molecule has 1 aliphatic heterocycles. The molecular weight excluding hydrogens is 364 g/mol. The lowest BCUT2D eigenvalue weighted by Gasteiger charge is -2.30. The van der Waals surface area contributed by atoms with Gasteiger partial charge in [-0.3, -0.25) is 0 Å². The maximum Gasteiger partial charge on any atom is 0.202 e. The molecule has 0 spiro atoms. The van der Waals surface area contributed by atoms with E-state index in [4.69, 9.17) is 22.1 Å². The van der Waals surface area contributed by atoms with Crippen molar-refractivity contribution in [1.82, 2.24) is 14.3 Å². The molecule has 0 aliphatic carbocycles. The van der Waals surface area contributed by atoms with E-state index in [2.05, 4.69) is 18.4 Å². The summed E-state index contributed by atoms with van der Waals surface area (Å²) in [5.41, 5.74) is 2.52. The largest absolute Gasteiger partial charge is 0.497 e. The van der Waals surface area contributed by atoms with Gasteiger partial charge in [0, 0.05) is 29.5 Å². The van der Waals surface area contributed by atoms with Gasteiger partial charge >= 0.3 is 0 Å². The first-order valence-corrected chi connectivity index (χ1v) is 10.1. The summed E-state index contributed by atoms with van der Waals surface area (Å²) in [6.07, 6.45) is 1.14. The van der Waals surface area contributed by atoms with Crippen LogP contribution in [0.5, 0.6) is 5.75 Å². The minimum Gasteiger partial charge on any atom is -0.497 e. The Morgan fingerprint density at radius 2 is 2.08 bits per heavy atom. The second-order valence-corrected chi connectivity index (χ2v) is 8.10. The Morgan fingerprint density at radius 1 is 1.31 bits per heavy atom. The first kappa shape index (κ1) is 17.5. The Balaban J connectivity index is 1.61. The van der Waals surface area contributed by atoms with Gasteiger partial charge < -0.3 is 14.2 Å². The van der Waals surface area contributed by atoms with Crippen molar-refractivity contribution in [3.8, 4) is 17.1 Å². The molecule has 4 rings (SSSR count). The van der Waals surface area contributed by atoms with Crippen molar-refractivity contribution in [3.05, 3.63) is 50.9 Å². The van der Waals surface area contributed by atoms with Crippen LogP contribution in [0, 0.1) is 4.77 Å². The normalized spacial score (nSPS) is 19.3. The molecule has 7 heteroatoms. The van der Waals surface area contributed by atoms with Crippen molar-refractivity contribution in [3.63, 3.8) is 0 Å². The van der Waals surface area contributed by atoms with Crippen LogP contribution in [0.15, 0.2) is 35.7 Å². The lowest BCUT2D eigenvalue weighted by molar-refractivity contribution is -0.954. The third kappa shape index (κ3) is 3.00. The minimum atomic E-state index is 0.471. The lowest BCUT2D eigenvalue weighted by Crippen LogP contribution is -3.12. The highest BCUT2D eigenvalue weighted by Gasteiger charge is 2.29. The first-order chi connectivity index (χ1) is 12.6. The number of methoxy groups -OCH3 is 1. The highest BCUT2D eigenvalue weighted by Crippen LogP contribution is 2.25. The molecule has 2 atom stereocenters. The molecule has 0 saturated carbocycles. The number of aromatic nitrogens is 3. The molecule has 26 heavy (non-hydrogen) atoms. The van der Waals surface area contributed by atoms with Gasteiger partial charge in [-0.2, -0.15) is 4.68 Å². The molecule has 0 radical (unpaired) electrons. The molecule has 1 unspecified atom stereocenters. The van der Waals surface area contributed by atoms with Crippen molar-refractivity contribution in [2.45, 2.75) is 26.1 Å². The Kier molecular flexibility index (Phi) is 4.69. The van der Waals surface area contributed by atoms with Crippen LogP contribution in [0.1, 0.15) is 23.4 Å². The maximum atomic E-state index is 5.66. The summed E-state index contributed by atoms with van der Waals surface area (Å²) in [7, 11) is 3.66. The Labute approximate surface area is 162 Å². The van der Waals surface area contributed by atoms with E-state index in [0.717, 1.165) is 41.5 Å². The number of hydrogen-bond donors (Lipinski definition) is 1. The van der Waals surface area contributed by atoms with Gasteiger partial charge in [-0.1, -0.05) is 0 Å². The molecule has 1 N–H and O–H groups in total. The minimum absolute atomic E-state index is 0.471. The molecule has 0 fully saturated rings. The van der Waals surface area contributed by atoms with E-state index >= 15 is 0 Å². The standard InChI is InChI=1S/C19H22N4OS2/c1-13-16-9-11-26-17(16)8-10-22(13)12-23-19(25)21(2)18(20-23)14-4-6-15(24-3)7-5-14/h4-7,9,11,13H,8,10,12H2,1-3H3/p+1/t13-/m0/s1. The molecule has 3 aromatic rings. The average Bonchev–Trinajstić information content (AvgIpc) is 3.25. The van der Waals surface area contributed by atoms with Gasteiger partial charge in [-0.05, 0) is 54.9 Å². The van der Waals surface area contributed by atoms with Crippen LogP contribution in [-0.4, -0.2) is 28.0 Å². The molecule has 1 aliphatic rings. The molecule has 136 valence electrons. The van der Waals surface area contributed by atoms with Crippen LogP contribution in [0.4, 0.5) is 0 Å². The number of rotatable bonds is 4. The number of hydrogen-bond acceptors (Lipinski definition) is 4. The molecular formula is C19H23N4OS2+. The fraction of sp³-hybridized carbons (Fsp3) is 0.368. The second kappa shape index (κ2) is 6.98. The Morgan fingerprint density at radius 3 is 2.81 bits per heavy atom. The number of nitrogens with one attached hydrogen (secondary N) is 1. The number of benzene rings is 1. The topological polar surface area (TPSA) is 36.4 Å². The molecule has 0 bridgehead atoms. The summed E-state index contributed by atoms with van der Waals surface area (Å²) in [5.74, 6) is 1.73.